The minimum absolute atomic E-state index is 0.327. The van der Waals surface area contributed by atoms with Crippen LogP contribution in [-0.2, 0) is 9.84 Å². The van der Waals surface area contributed by atoms with Crippen molar-refractivity contribution in [2.24, 2.45) is 5.92 Å². The Morgan fingerprint density at radius 1 is 1.31 bits per heavy atom. The number of rotatable bonds is 6. The van der Waals surface area contributed by atoms with Crippen LogP contribution >= 0.6 is 15.9 Å². The lowest BCUT2D eigenvalue weighted by Crippen LogP contribution is -2.07. The Bertz CT molecular complexity index is 222. The first-order valence-corrected chi connectivity index (χ1v) is 7.60. The van der Waals surface area contributed by atoms with Crippen LogP contribution in [0.5, 0.6) is 0 Å². The molecule has 0 saturated carbocycles. The average molecular weight is 271 g/mol. The van der Waals surface area contributed by atoms with Crippen LogP contribution in [0.2, 0.25) is 0 Å². The Morgan fingerprint density at radius 3 is 2.23 bits per heavy atom. The van der Waals surface area contributed by atoms with E-state index in [1.807, 2.05) is 0 Å². The van der Waals surface area contributed by atoms with Crippen molar-refractivity contribution in [3.63, 3.8) is 0 Å². The van der Waals surface area contributed by atoms with Gasteiger partial charge < -0.3 is 0 Å². The minimum Gasteiger partial charge on any atom is -0.229 e. The van der Waals surface area contributed by atoms with Crippen LogP contribution in [0.4, 0.5) is 0 Å². The Balaban J connectivity index is 3.54. The molecule has 0 rings (SSSR count). The van der Waals surface area contributed by atoms with Crippen molar-refractivity contribution in [1.29, 1.82) is 0 Å². The third-order valence-electron chi connectivity index (χ3n) is 1.94. The molecule has 2 nitrogen and oxygen atoms in total. The lowest BCUT2D eigenvalue weighted by Gasteiger charge is -2.11. The van der Waals surface area contributed by atoms with E-state index in [4.69, 9.17) is 0 Å². The van der Waals surface area contributed by atoms with Crippen molar-refractivity contribution in [1.82, 2.24) is 0 Å². The third kappa shape index (κ3) is 10.4. The second-order valence-electron chi connectivity index (χ2n) is 3.89. The van der Waals surface area contributed by atoms with Crippen LogP contribution in [0.25, 0.3) is 0 Å². The van der Waals surface area contributed by atoms with Crippen molar-refractivity contribution < 1.29 is 8.42 Å². The first kappa shape index (κ1) is 13.4. The fraction of sp³-hybridized carbons (Fsp3) is 1.00. The van der Waals surface area contributed by atoms with E-state index >= 15 is 0 Å². The number of sulfone groups is 1. The molecule has 2 unspecified atom stereocenters. The van der Waals surface area contributed by atoms with Gasteiger partial charge in [-0.3, -0.25) is 0 Å². The van der Waals surface area contributed by atoms with Gasteiger partial charge in [0.25, 0.3) is 0 Å². The number of alkyl halides is 1. The first-order valence-electron chi connectivity index (χ1n) is 4.63. The van der Waals surface area contributed by atoms with Crippen LogP contribution in [0.3, 0.4) is 0 Å². The SMILES string of the molecule is CC(Br)CC(C)CCCS(C)(=O)=O. The summed E-state index contributed by atoms with van der Waals surface area (Å²) < 4.78 is 21.7. The quantitative estimate of drug-likeness (QED) is 0.696. The van der Waals surface area contributed by atoms with Gasteiger partial charge in [0.2, 0.25) is 0 Å². The molecule has 0 fully saturated rings. The smallest absolute Gasteiger partial charge is 0.147 e. The Morgan fingerprint density at radius 2 is 1.85 bits per heavy atom. The topological polar surface area (TPSA) is 34.1 Å². The zero-order valence-corrected chi connectivity index (χ0v) is 11.0. The summed E-state index contributed by atoms with van der Waals surface area (Å²) in [7, 11) is -2.76. The van der Waals surface area contributed by atoms with Gasteiger partial charge in [-0.05, 0) is 25.2 Å². The highest BCUT2D eigenvalue weighted by Gasteiger charge is 2.08. The van der Waals surface area contributed by atoms with E-state index in [9.17, 15) is 8.42 Å². The van der Waals surface area contributed by atoms with Gasteiger partial charge >= 0.3 is 0 Å². The number of hydrogen-bond acceptors (Lipinski definition) is 2. The lowest BCUT2D eigenvalue weighted by molar-refractivity contribution is 0.487. The van der Waals surface area contributed by atoms with E-state index in [1.165, 1.54) is 6.26 Å². The fourth-order valence-electron chi connectivity index (χ4n) is 1.37. The maximum Gasteiger partial charge on any atom is 0.147 e. The standard InChI is InChI=1S/C9H19BrO2S/c1-8(7-9(2)10)5-4-6-13(3,11)12/h8-9H,4-7H2,1-3H3. The predicted molar refractivity (Wildman–Crippen MR) is 61.1 cm³/mol. The molecule has 0 N–H and O–H groups in total. The van der Waals surface area contributed by atoms with Crippen molar-refractivity contribution in [2.45, 2.75) is 37.9 Å². The average Bonchev–Trinajstić information content (AvgIpc) is 1.81. The van der Waals surface area contributed by atoms with Gasteiger partial charge in [-0.2, -0.15) is 0 Å². The van der Waals surface area contributed by atoms with Gasteiger partial charge in [0.05, 0.1) is 0 Å². The molecule has 0 aromatic carbocycles. The molecular weight excluding hydrogens is 252 g/mol. The molecule has 0 aliphatic rings. The van der Waals surface area contributed by atoms with E-state index in [0.29, 0.717) is 16.5 Å². The minimum atomic E-state index is -2.76. The highest BCUT2D eigenvalue weighted by molar-refractivity contribution is 9.09. The molecule has 13 heavy (non-hydrogen) atoms. The Labute approximate surface area is 90.2 Å². The molecule has 0 heterocycles. The van der Waals surface area contributed by atoms with Gasteiger partial charge in [0, 0.05) is 16.8 Å². The second kappa shape index (κ2) is 6.02. The molecule has 0 saturated heterocycles. The summed E-state index contributed by atoms with van der Waals surface area (Å²) in [6.45, 7) is 4.28. The van der Waals surface area contributed by atoms with Crippen LogP contribution in [0.1, 0.15) is 33.1 Å². The molecule has 0 bridgehead atoms. The maximum atomic E-state index is 10.8. The molecule has 4 heteroatoms. The zero-order chi connectivity index (χ0) is 10.5. The van der Waals surface area contributed by atoms with Gasteiger partial charge in [-0.1, -0.05) is 29.8 Å². The van der Waals surface area contributed by atoms with Gasteiger partial charge in [0.15, 0.2) is 0 Å². The van der Waals surface area contributed by atoms with E-state index in [1.54, 1.807) is 0 Å². The third-order valence-corrected chi connectivity index (χ3v) is 3.34. The molecule has 0 aliphatic heterocycles. The summed E-state index contributed by atoms with van der Waals surface area (Å²) in [5.74, 6) is 0.935. The van der Waals surface area contributed by atoms with E-state index in [2.05, 4.69) is 29.8 Å². The van der Waals surface area contributed by atoms with Gasteiger partial charge in [-0.25, -0.2) is 8.42 Å². The molecule has 0 aromatic rings. The summed E-state index contributed by atoms with van der Waals surface area (Å²) in [4.78, 5) is 0.528. The normalized spacial score (nSPS) is 16.9. The Kier molecular flexibility index (Phi) is 6.21. The summed E-state index contributed by atoms with van der Waals surface area (Å²) in [5.41, 5.74) is 0. The predicted octanol–water partition coefficient (Wildman–Crippen LogP) is 2.62. The molecule has 0 radical (unpaired) electrons. The monoisotopic (exact) mass is 270 g/mol. The highest BCUT2D eigenvalue weighted by atomic mass is 79.9. The summed E-state index contributed by atoms with van der Waals surface area (Å²) in [5, 5.41) is 0. The van der Waals surface area contributed by atoms with Crippen molar-refractivity contribution in [3.8, 4) is 0 Å². The van der Waals surface area contributed by atoms with Crippen LogP contribution in [0.15, 0.2) is 0 Å². The van der Waals surface area contributed by atoms with Crippen LogP contribution in [0, 0.1) is 5.92 Å². The van der Waals surface area contributed by atoms with E-state index in [0.717, 1.165) is 19.3 Å². The molecule has 2 atom stereocenters. The second-order valence-corrected chi connectivity index (χ2v) is 7.72. The van der Waals surface area contributed by atoms with Gasteiger partial charge in [0.1, 0.15) is 9.84 Å². The fourth-order valence-corrected chi connectivity index (χ4v) is 2.70. The lowest BCUT2D eigenvalue weighted by atomic mass is 10.0. The highest BCUT2D eigenvalue weighted by Crippen LogP contribution is 2.17. The van der Waals surface area contributed by atoms with Gasteiger partial charge in [-0.15, -0.1) is 0 Å². The van der Waals surface area contributed by atoms with Crippen molar-refractivity contribution in [3.05, 3.63) is 0 Å². The molecule has 0 aromatic heterocycles. The zero-order valence-electron chi connectivity index (χ0n) is 8.59. The summed E-state index contributed by atoms with van der Waals surface area (Å²) in [6, 6.07) is 0. The summed E-state index contributed by atoms with van der Waals surface area (Å²) in [6.07, 6.45) is 4.21. The number of hydrogen-bond donors (Lipinski definition) is 0. The first-order chi connectivity index (χ1) is 5.81. The molecule has 0 spiro atoms. The van der Waals surface area contributed by atoms with Crippen molar-refractivity contribution >= 4 is 25.8 Å². The van der Waals surface area contributed by atoms with E-state index < -0.39 is 9.84 Å². The van der Waals surface area contributed by atoms with Crippen LogP contribution in [-0.4, -0.2) is 25.3 Å². The largest absolute Gasteiger partial charge is 0.229 e. The van der Waals surface area contributed by atoms with E-state index in [-0.39, 0.29) is 0 Å². The Hall–Kier alpha value is 0.430. The summed E-state index contributed by atoms with van der Waals surface area (Å²) >= 11 is 3.49. The maximum absolute atomic E-state index is 10.8. The van der Waals surface area contributed by atoms with Crippen molar-refractivity contribution in [2.75, 3.05) is 12.0 Å². The molecular formula is C9H19BrO2S. The molecule has 80 valence electrons. The molecule has 0 aliphatic carbocycles. The number of halogens is 1. The molecule has 0 amide bonds. The van der Waals surface area contributed by atoms with Crippen LogP contribution < -0.4 is 0 Å².